The van der Waals surface area contributed by atoms with Crippen LogP contribution >= 0.6 is 15.9 Å². The molecule has 0 fully saturated rings. The molecular weight excluding hydrogens is 1430 g/mol. The fraction of sp³-hybridized carbons (Fsp3) is 0.0286. The van der Waals surface area contributed by atoms with E-state index >= 15 is 0 Å². The molecule has 0 amide bonds. The molecule has 0 spiro atoms. The minimum absolute atomic E-state index is 0.249. The second-order valence-electron chi connectivity index (χ2n) is 30.8. The van der Waals surface area contributed by atoms with Gasteiger partial charge in [-0.25, -0.2) is 0 Å². The maximum atomic E-state index is 6.73. The number of halogens is 1. The van der Waals surface area contributed by atoms with E-state index in [0.29, 0.717) is 0 Å². The van der Waals surface area contributed by atoms with Crippen molar-refractivity contribution >= 4 is 147 Å². The summed E-state index contributed by atoms with van der Waals surface area (Å²) >= 11 is 3.82. The zero-order valence-electron chi connectivity index (χ0n) is 61.0. The fourth-order valence-corrected chi connectivity index (χ4v) is 19.7. The first-order valence-electron chi connectivity index (χ1n) is 38.4. The summed E-state index contributed by atoms with van der Waals surface area (Å²) in [6.45, 7) is 4.80. The Kier molecular flexibility index (Phi) is 13.4. The summed E-state index contributed by atoms with van der Waals surface area (Å²) in [7, 11) is 0. The van der Waals surface area contributed by atoms with E-state index in [4.69, 9.17) is 8.83 Å². The molecule has 0 aliphatic heterocycles. The summed E-state index contributed by atoms with van der Waals surface area (Å²) in [5, 5.41) is 14.1. The highest BCUT2D eigenvalue weighted by atomic mass is 79.9. The topological polar surface area (TPSA) is 46.0 Å². The number of aromatic nitrogens is 4. The standard InChI is InChI=1S/C105H65BrN4O2/c1-105(2)88-44-34-63(62-32-42-74(43-33-62)109-92-29-15-12-24-76(92)80-53-64(35-45-93(80)109)65-36-46-95-82(54-65)83-55-66(37-47-96(83)108(95)72-20-8-4-9-21-72)69-41-51-100-87(58-69)104-90(106)27-17-31-102(104)112-100)52-78(88)79-60-85-84-56-67(38-48-97(84)110(98(85)61-89(79)105)73-22-10-5-11-23-73)68-40-50-99-86(57-68)103-75(26-16-30-101(103)111-99)70-39-49-94-81(59-70)77-25-13-14-28-91(77)107(94)71-18-6-3-7-19-71/h3-61H,1-2H3. The van der Waals surface area contributed by atoms with Crippen molar-refractivity contribution in [3.63, 3.8) is 0 Å². The second kappa shape index (κ2) is 23.8. The minimum Gasteiger partial charge on any atom is -0.456 e. The number of para-hydroxylation sites is 5. The third-order valence-corrected chi connectivity index (χ3v) is 25.1. The summed E-state index contributed by atoms with van der Waals surface area (Å²) in [4.78, 5) is 0. The highest BCUT2D eigenvalue weighted by molar-refractivity contribution is 9.10. The Labute approximate surface area is 651 Å². The predicted molar refractivity (Wildman–Crippen MR) is 471 cm³/mol. The molecule has 7 heteroatoms. The molecule has 0 radical (unpaired) electrons. The second-order valence-corrected chi connectivity index (χ2v) is 31.7. The lowest BCUT2D eigenvalue weighted by Gasteiger charge is -2.22. The van der Waals surface area contributed by atoms with E-state index in [0.717, 1.165) is 116 Å². The molecule has 0 bridgehead atoms. The van der Waals surface area contributed by atoms with Gasteiger partial charge in [-0.2, -0.15) is 0 Å². The number of fused-ring (bicyclic) bond motifs is 21. The Bertz CT molecular complexity index is 7960. The molecule has 0 saturated carbocycles. The van der Waals surface area contributed by atoms with Crippen molar-refractivity contribution in [1.29, 1.82) is 0 Å². The molecular formula is C105H65BrN4O2. The summed E-state index contributed by atoms with van der Waals surface area (Å²) < 4.78 is 23.8. The van der Waals surface area contributed by atoms with Gasteiger partial charge in [0, 0.05) is 97.3 Å². The van der Waals surface area contributed by atoms with E-state index in [1.165, 1.54) is 121 Å². The average Bonchev–Trinajstić information content (AvgIpc) is 1.54. The van der Waals surface area contributed by atoms with Crippen LogP contribution in [0.1, 0.15) is 25.0 Å². The lowest BCUT2D eigenvalue weighted by atomic mass is 9.82. The van der Waals surface area contributed by atoms with Crippen LogP contribution in [-0.4, -0.2) is 18.3 Å². The molecule has 6 aromatic heterocycles. The summed E-state index contributed by atoms with van der Waals surface area (Å²) in [6, 6.07) is 132. The van der Waals surface area contributed by atoms with Crippen LogP contribution in [0.2, 0.25) is 0 Å². The van der Waals surface area contributed by atoms with E-state index < -0.39 is 0 Å². The van der Waals surface area contributed by atoms with Gasteiger partial charge in [0.25, 0.3) is 0 Å². The van der Waals surface area contributed by atoms with Gasteiger partial charge >= 0.3 is 0 Å². The van der Waals surface area contributed by atoms with Crippen LogP contribution < -0.4 is 0 Å². The number of hydrogen-bond acceptors (Lipinski definition) is 2. The van der Waals surface area contributed by atoms with Gasteiger partial charge in [0.15, 0.2) is 0 Å². The number of furan rings is 2. The van der Waals surface area contributed by atoms with Crippen LogP contribution in [0.4, 0.5) is 0 Å². The largest absolute Gasteiger partial charge is 0.456 e. The van der Waals surface area contributed by atoms with Gasteiger partial charge in [-0.3, -0.25) is 0 Å². The Morgan fingerprint density at radius 3 is 1.07 bits per heavy atom. The van der Waals surface area contributed by atoms with Gasteiger partial charge in [-0.1, -0.05) is 206 Å². The molecule has 23 aromatic rings. The molecule has 1 aliphatic carbocycles. The van der Waals surface area contributed by atoms with E-state index in [-0.39, 0.29) is 5.41 Å². The number of rotatable bonds is 9. The van der Waals surface area contributed by atoms with E-state index in [1.807, 2.05) is 12.1 Å². The monoisotopic (exact) mass is 1490 g/mol. The fourth-order valence-electron chi connectivity index (χ4n) is 19.2. The molecule has 0 unspecified atom stereocenters. The SMILES string of the molecule is CC1(C)c2ccc(-c3ccc(-n4c5ccccc5c5cc(-c6ccc7c(c6)c6cc(-c8ccc9oc%10cccc(Br)c%10c9c8)ccc6n7-c6ccccc6)ccc54)cc3)cc2-c2cc3c4cc(-c5ccc6oc7cccc(-c8ccc9c(c8)c8ccccc8n9-c8ccccc8)c7c6c5)ccc4n(-c4ccccc4)c3cc21. The molecule has 24 rings (SSSR count). The van der Waals surface area contributed by atoms with Crippen LogP contribution in [-0.2, 0) is 5.41 Å². The summed E-state index contributed by atoms with van der Waals surface area (Å²) in [5.74, 6) is 0. The molecule has 1 aliphatic rings. The number of benzene rings is 17. The molecule has 0 N–H and O–H groups in total. The zero-order valence-corrected chi connectivity index (χ0v) is 62.6. The Hall–Kier alpha value is -14.0. The zero-order chi connectivity index (χ0) is 73.8. The highest BCUT2D eigenvalue weighted by Crippen LogP contribution is 2.53. The number of nitrogens with zero attached hydrogens (tertiary/aromatic N) is 4. The third-order valence-electron chi connectivity index (χ3n) is 24.4. The maximum absolute atomic E-state index is 6.73. The molecule has 524 valence electrons. The average molecular weight is 1490 g/mol. The molecule has 112 heavy (non-hydrogen) atoms. The van der Waals surface area contributed by atoms with Crippen LogP contribution in [0.15, 0.2) is 371 Å². The van der Waals surface area contributed by atoms with E-state index in [1.54, 1.807) is 0 Å². The van der Waals surface area contributed by atoms with Crippen molar-refractivity contribution in [2.75, 3.05) is 0 Å². The first-order chi connectivity index (χ1) is 55.2. The predicted octanol–water partition coefficient (Wildman–Crippen LogP) is 29.3. The molecule has 17 aromatic carbocycles. The van der Waals surface area contributed by atoms with Crippen molar-refractivity contribution in [2.45, 2.75) is 19.3 Å². The normalized spacial score (nSPS) is 12.8. The number of hydrogen-bond donors (Lipinski definition) is 0. The van der Waals surface area contributed by atoms with Gasteiger partial charge in [0.2, 0.25) is 0 Å². The van der Waals surface area contributed by atoms with Crippen molar-refractivity contribution < 1.29 is 8.83 Å². The lowest BCUT2D eigenvalue weighted by Crippen LogP contribution is -2.15. The summed E-state index contributed by atoms with van der Waals surface area (Å²) in [6.07, 6.45) is 0. The van der Waals surface area contributed by atoms with Gasteiger partial charge in [-0.15, -0.1) is 0 Å². The van der Waals surface area contributed by atoms with Gasteiger partial charge < -0.3 is 27.1 Å². The quantitative estimate of drug-likeness (QED) is 0.145. The first kappa shape index (κ1) is 63.0. The smallest absolute Gasteiger partial charge is 0.136 e. The first-order valence-corrected chi connectivity index (χ1v) is 39.2. The minimum atomic E-state index is -0.249. The lowest BCUT2D eigenvalue weighted by molar-refractivity contribution is 0.661. The van der Waals surface area contributed by atoms with Gasteiger partial charge in [0.1, 0.15) is 22.3 Å². The summed E-state index contributed by atoms with van der Waals surface area (Å²) in [5.41, 5.74) is 34.0. The van der Waals surface area contributed by atoms with Crippen LogP contribution in [0, 0.1) is 0 Å². The Morgan fingerprint density at radius 2 is 0.562 bits per heavy atom. The van der Waals surface area contributed by atoms with Crippen LogP contribution in [0.5, 0.6) is 0 Å². The van der Waals surface area contributed by atoms with Gasteiger partial charge in [0.05, 0.1) is 44.1 Å². The van der Waals surface area contributed by atoms with Crippen molar-refractivity contribution in [3.05, 3.63) is 374 Å². The molecule has 0 atom stereocenters. The van der Waals surface area contributed by atoms with Crippen molar-refractivity contribution in [2.24, 2.45) is 0 Å². The molecule has 6 nitrogen and oxygen atoms in total. The van der Waals surface area contributed by atoms with Crippen LogP contribution in [0.25, 0.3) is 221 Å². The highest BCUT2D eigenvalue weighted by Gasteiger charge is 2.37. The molecule has 6 heterocycles. The van der Waals surface area contributed by atoms with E-state index in [2.05, 4.69) is 394 Å². The maximum Gasteiger partial charge on any atom is 0.136 e. The molecule has 0 saturated heterocycles. The Morgan fingerprint density at radius 1 is 0.214 bits per heavy atom. The van der Waals surface area contributed by atoms with Crippen molar-refractivity contribution in [1.82, 2.24) is 18.3 Å². The van der Waals surface area contributed by atoms with Gasteiger partial charge in [-0.05, 0) is 260 Å². The van der Waals surface area contributed by atoms with Crippen molar-refractivity contribution in [3.8, 4) is 89.5 Å². The third kappa shape index (κ3) is 9.26. The van der Waals surface area contributed by atoms with Crippen LogP contribution in [0.3, 0.4) is 0 Å². The Balaban J connectivity index is 0.582. The van der Waals surface area contributed by atoms with E-state index in [9.17, 15) is 0 Å².